The molecule has 1 unspecified atom stereocenters. The third-order valence-electron chi connectivity index (χ3n) is 3.49. The first-order chi connectivity index (χ1) is 10.8. The van der Waals surface area contributed by atoms with Crippen molar-refractivity contribution in [1.29, 1.82) is 0 Å². The predicted molar refractivity (Wildman–Crippen MR) is 90.4 cm³/mol. The van der Waals surface area contributed by atoms with Gasteiger partial charge < -0.3 is 0 Å². The second-order valence-electron chi connectivity index (χ2n) is 5.14. The van der Waals surface area contributed by atoms with Gasteiger partial charge in [0.2, 0.25) is 0 Å². The van der Waals surface area contributed by atoms with Crippen molar-refractivity contribution in [3.63, 3.8) is 0 Å². The van der Waals surface area contributed by atoms with Crippen LogP contribution in [0.2, 0.25) is 0 Å². The van der Waals surface area contributed by atoms with Gasteiger partial charge in [0, 0.05) is 34.7 Å². The third kappa shape index (κ3) is 3.92. The Bertz CT molecular complexity index is 722. The molecule has 1 heterocycles. The summed E-state index contributed by atoms with van der Waals surface area (Å²) in [5.74, 6) is 1.30. The lowest BCUT2D eigenvalue weighted by atomic mass is 10.2. The molecule has 0 aliphatic rings. The summed E-state index contributed by atoms with van der Waals surface area (Å²) < 4.78 is 14.0. The van der Waals surface area contributed by atoms with Crippen LogP contribution in [0, 0.1) is 0 Å². The molecule has 1 atom stereocenters. The molecule has 0 aliphatic carbocycles. The second kappa shape index (κ2) is 7.18. The maximum Gasteiger partial charge on any atom is 0.0645 e. The van der Waals surface area contributed by atoms with Gasteiger partial charge in [-0.15, -0.1) is 0 Å². The maximum atomic E-state index is 12.2. The Hall–Kier alpha value is -2.20. The highest BCUT2D eigenvalue weighted by Crippen LogP contribution is 2.11. The van der Waals surface area contributed by atoms with E-state index >= 15 is 0 Å². The maximum absolute atomic E-state index is 12.2. The Balaban J connectivity index is 1.55. The predicted octanol–water partition coefficient (Wildman–Crippen LogP) is 3.36. The van der Waals surface area contributed by atoms with Gasteiger partial charge >= 0.3 is 0 Å². The Morgan fingerprint density at radius 1 is 0.909 bits per heavy atom. The summed E-state index contributed by atoms with van der Waals surface area (Å²) in [5, 5.41) is 4.20. The zero-order valence-electron chi connectivity index (χ0n) is 12.3. The number of hydrogen-bond donors (Lipinski definition) is 0. The second-order valence-corrected chi connectivity index (χ2v) is 6.72. The highest BCUT2D eigenvalue weighted by molar-refractivity contribution is 7.84. The van der Waals surface area contributed by atoms with Gasteiger partial charge in [-0.05, 0) is 35.7 Å². The number of aromatic nitrogens is 2. The molecule has 3 aromatic rings. The molecule has 0 spiro atoms. The van der Waals surface area contributed by atoms with Crippen molar-refractivity contribution >= 4 is 10.8 Å². The van der Waals surface area contributed by atoms with Crippen molar-refractivity contribution in [2.45, 2.75) is 12.2 Å². The minimum atomic E-state index is -0.837. The van der Waals surface area contributed by atoms with E-state index in [0.717, 1.165) is 17.7 Å². The first kappa shape index (κ1) is 14.7. The van der Waals surface area contributed by atoms with E-state index < -0.39 is 10.8 Å². The Labute approximate surface area is 133 Å². The molecule has 0 saturated carbocycles. The molecule has 22 heavy (non-hydrogen) atoms. The van der Waals surface area contributed by atoms with Crippen LogP contribution in [0.3, 0.4) is 0 Å². The van der Waals surface area contributed by atoms with Gasteiger partial charge in [-0.3, -0.25) is 4.21 Å². The number of rotatable bonds is 6. The van der Waals surface area contributed by atoms with Crippen LogP contribution in [0.4, 0.5) is 0 Å². The molecule has 0 saturated heterocycles. The molecule has 3 nitrogen and oxygen atoms in total. The van der Waals surface area contributed by atoms with Crippen LogP contribution in [-0.4, -0.2) is 19.7 Å². The zero-order chi connectivity index (χ0) is 15.2. The fourth-order valence-electron chi connectivity index (χ4n) is 2.30. The van der Waals surface area contributed by atoms with E-state index in [1.165, 1.54) is 5.56 Å². The number of benzene rings is 2. The summed E-state index contributed by atoms with van der Waals surface area (Å²) >= 11 is 0. The standard InChI is InChI=1S/C18H18N2OS/c21-22(14-11-16-5-2-1-3-6-16)15-17-7-9-18(10-8-17)20-13-4-12-19-20/h1-10,12-13H,11,14-15H2. The van der Waals surface area contributed by atoms with Crippen molar-refractivity contribution in [1.82, 2.24) is 9.78 Å². The SMILES string of the molecule is O=S(CCc1ccccc1)Cc1ccc(-n2cccn2)cc1. The minimum Gasteiger partial charge on any atom is -0.259 e. The van der Waals surface area contributed by atoms with Crippen LogP contribution >= 0.6 is 0 Å². The Morgan fingerprint density at radius 2 is 1.68 bits per heavy atom. The van der Waals surface area contributed by atoms with Crippen LogP contribution < -0.4 is 0 Å². The van der Waals surface area contributed by atoms with Gasteiger partial charge in [0.1, 0.15) is 0 Å². The fourth-order valence-corrected chi connectivity index (χ4v) is 3.47. The quantitative estimate of drug-likeness (QED) is 0.700. The molecule has 0 amide bonds. The van der Waals surface area contributed by atoms with Crippen molar-refractivity contribution in [2.75, 3.05) is 5.75 Å². The smallest absolute Gasteiger partial charge is 0.0645 e. The van der Waals surface area contributed by atoms with Crippen molar-refractivity contribution in [2.24, 2.45) is 0 Å². The molecule has 3 rings (SSSR count). The van der Waals surface area contributed by atoms with E-state index in [0.29, 0.717) is 11.5 Å². The van der Waals surface area contributed by atoms with Crippen molar-refractivity contribution < 1.29 is 4.21 Å². The summed E-state index contributed by atoms with van der Waals surface area (Å²) in [6.07, 6.45) is 4.53. The molecule has 0 fully saturated rings. The van der Waals surface area contributed by atoms with Gasteiger partial charge in [0.05, 0.1) is 5.69 Å². The number of hydrogen-bond acceptors (Lipinski definition) is 2. The molecule has 0 aliphatic heterocycles. The number of nitrogens with zero attached hydrogens (tertiary/aromatic N) is 2. The molecular formula is C18H18N2OS. The lowest BCUT2D eigenvalue weighted by molar-refractivity contribution is 0.682. The molecule has 0 radical (unpaired) electrons. The van der Waals surface area contributed by atoms with E-state index in [9.17, 15) is 4.21 Å². The first-order valence-electron chi connectivity index (χ1n) is 7.29. The van der Waals surface area contributed by atoms with Crippen LogP contribution in [0.25, 0.3) is 5.69 Å². The molecular weight excluding hydrogens is 292 g/mol. The summed E-state index contributed by atoms with van der Waals surface area (Å²) in [6.45, 7) is 0. The fraction of sp³-hybridized carbons (Fsp3) is 0.167. The topological polar surface area (TPSA) is 34.9 Å². The average molecular weight is 310 g/mol. The zero-order valence-corrected chi connectivity index (χ0v) is 13.1. The van der Waals surface area contributed by atoms with Gasteiger partial charge in [-0.2, -0.15) is 5.10 Å². The highest BCUT2D eigenvalue weighted by atomic mass is 32.2. The summed E-state index contributed by atoms with van der Waals surface area (Å²) in [7, 11) is -0.837. The van der Waals surface area contributed by atoms with Gasteiger partial charge in [0.15, 0.2) is 0 Å². The normalized spacial score (nSPS) is 12.2. The summed E-state index contributed by atoms with van der Waals surface area (Å²) in [4.78, 5) is 0. The van der Waals surface area contributed by atoms with E-state index in [-0.39, 0.29) is 0 Å². The summed E-state index contributed by atoms with van der Waals surface area (Å²) in [5.41, 5.74) is 3.36. The van der Waals surface area contributed by atoms with E-state index in [2.05, 4.69) is 17.2 Å². The number of aryl methyl sites for hydroxylation is 1. The Morgan fingerprint density at radius 3 is 2.36 bits per heavy atom. The molecule has 112 valence electrons. The van der Waals surface area contributed by atoms with Crippen LogP contribution in [0.15, 0.2) is 73.1 Å². The van der Waals surface area contributed by atoms with Crippen molar-refractivity contribution in [3.05, 3.63) is 84.2 Å². The Kier molecular flexibility index (Phi) is 4.81. The lowest BCUT2D eigenvalue weighted by Crippen LogP contribution is -2.04. The molecule has 1 aromatic heterocycles. The first-order valence-corrected chi connectivity index (χ1v) is 8.78. The lowest BCUT2D eigenvalue weighted by Gasteiger charge is -2.05. The molecule has 4 heteroatoms. The van der Waals surface area contributed by atoms with Crippen LogP contribution in [-0.2, 0) is 23.0 Å². The van der Waals surface area contributed by atoms with Gasteiger partial charge in [-0.1, -0.05) is 42.5 Å². The van der Waals surface area contributed by atoms with Gasteiger partial charge in [0.25, 0.3) is 0 Å². The van der Waals surface area contributed by atoms with Crippen LogP contribution in [0.5, 0.6) is 0 Å². The largest absolute Gasteiger partial charge is 0.259 e. The third-order valence-corrected chi connectivity index (χ3v) is 4.81. The average Bonchev–Trinajstić information content (AvgIpc) is 3.09. The van der Waals surface area contributed by atoms with Crippen LogP contribution in [0.1, 0.15) is 11.1 Å². The molecule has 2 aromatic carbocycles. The van der Waals surface area contributed by atoms with E-state index in [4.69, 9.17) is 0 Å². The molecule has 0 bridgehead atoms. The summed E-state index contributed by atoms with van der Waals surface area (Å²) in [6, 6.07) is 20.2. The minimum absolute atomic E-state index is 0.603. The van der Waals surface area contributed by atoms with E-state index in [1.807, 2.05) is 59.4 Å². The van der Waals surface area contributed by atoms with E-state index in [1.54, 1.807) is 6.20 Å². The van der Waals surface area contributed by atoms with Crippen molar-refractivity contribution in [3.8, 4) is 5.69 Å². The molecule has 0 N–H and O–H groups in total. The highest BCUT2D eigenvalue weighted by Gasteiger charge is 2.04. The van der Waals surface area contributed by atoms with Gasteiger partial charge in [-0.25, -0.2) is 4.68 Å². The monoisotopic (exact) mass is 310 g/mol.